The molecule has 13 atom stereocenters. The molecule has 4 aromatic rings. The van der Waals surface area contributed by atoms with Crippen molar-refractivity contribution in [2.24, 2.45) is 11.8 Å². The molecule has 0 aromatic heterocycles. The smallest absolute Gasteiger partial charge is 0.311 e. The molecule has 6 unspecified atom stereocenters. The molecule has 7 rings (SSSR count). The molecule has 61 heavy (non-hydrogen) atoms. The Kier molecular flexibility index (Phi) is 14.4. The van der Waals surface area contributed by atoms with Crippen molar-refractivity contribution in [3.05, 3.63) is 120 Å². The molecule has 0 spiro atoms. The highest BCUT2D eigenvalue weighted by molar-refractivity contribution is 7.87. The van der Waals surface area contributed by atoms with Crippen LogP contribution in [-0.2, 0) is 24.3 Å². The summed E-state index contributed by atoms with van der Waals surface area (Å²) in [6.07, 6.45) is -14.5. The standard InChI is InChI=1S/C44H52FNO14S/c45-31-15-10-27(11-16-31)34(49)19-14-29-20-46(32-4-2-1-3-5-32)37(29)28-8-6-25(7-9-28)26-12-17-33(18-13-26)60-61(55,56)24-36-39(51)41(53)43(30(21-47)23-57-36)59-44-42(54)40(52)38(50)35(22-48)58-44/h1-13,15-18,29-30,34-44,47-54H,14,19-24H2/t29-,30?,34-,35?,36-,37+,38+,39?,40?,41?,42?,43+,44-/m0/s1. The number of anilines is 1. The van der Waals surface area contributed by atoms with Gasteiger partial charge in [0.15, 0.2) is 6.29 Å². The van der Waals surface area contributed by atoms with Gasteiger partial charge >= 0.3 is 10.1 Å². The average Bonchev–Trinajstić information content (AvgIpc) is 3.35. The molecule has 0 saturated carbocycles. The third-order valence-corrected chi connectivity index (χ3v) is 13.0. The van der Waals surface area contributed by atoms with Crippen LogP contribution in [0.25, 0.3) is 11.1 Å². The van der Waals surface area contributed by atoms with Crippen LogP contribution in [0.15, 0.2) is 103 Å². The number of hydrogen-bond acceptors (Lipinski definition) is 15. The van der Waals surface area contributed by atoms with Crippen molar-refractivity contribution in [1.29, 1.82) is 0 Å². The summed E-state index contributed by atoms with van der Waals surface area (Å²) in [5, 5.41) is 83.2. The first kappa shape index (κ1) is 45.0. The monoisotopic (exact) mass is 869 g/mol. The first-order chi connectivity index (χ1) is 29.3. The summed E-state index contributed by atoms with van der Waals surface area (Å²) in [6.45, 7) is -0.982. The Balaban J connectivity index is 0.977. The van der Waals surface area contributed by atoms with Gasteiger partial charge in [-0.1, -0.05) is 66.7 Å². The molecule has 0 aliphatic carbocycles. The number of hydrogen-bond donors (Lipinski definition) is 8. The van der Waals surface area contributed by atoms with E-state index in [4.69, 9.17) is 18.4 Å². The van der Waals surface area contributed by atoms with Crippen molar-refractivity contribution < 1.29 is 72.1 Å². The fourth-order valence-corrected chi connectivity index (χ4v) is 9.48. The van der Waals surface area contributed by atoms with E-state index in [9.17, 15) is 53.7 Å². The Morgan fingerprint density at radius 1 is 0.738 bits per heavy atom. The molecule has 3 heterocycles. The highest BCUT2D eigenvalue weighted by Gasteiger charge is 2.49. The van der Waals surface area contributed by atoms with E-state index in [2.05, 4.69) is 29.2 Å². The second-order valence-electron chi connectivity index (χ2n) is 15.9. The van der Waals surface area contributed by atoms with Gasteiger partial charge < -0.3 is 64.1 Å². The number of para-hydroxylation sites is 1. The number of aliphatic hydroxyl groups is 8. The Labute approximate surface area is 352 Å². The van der Waals surface area contributed by atoms with E-state index < -0.39 is 103 Å². The number of halogens is 1. The summed E-state index contributed by atoms with van der Waals surface area (Å²) in [5.41, 5.74) is 4.52. The Hall–Kier alpha value is -4.08. The van der Waals surface area contributed by atoms with Gasteiger partial charge in [-0.15, -0.1) is 0 Å². The van der Waals surface area contributed by atoms with Crippen molar-refractivity contribution in [2.75, 3.05) is 37.0 Å². The van der Waals surface area contributed by atoms with Crippen LogP contribution in [0.5, 0.6) is 5.75 Å². The summed E-state index contributed by atoms with van der Waals surface area (Å²) in [6, 6.07) is 30.5. The molecule has 0 bridgehead atoms. The van der Waals surface area contributed by atoms with Gasteiger partial charge in [0.2, 0.25) is 0 Å². The molecule has 3 aliphatic rings. The zero-order chi connectivity index (χ0) is 43.4. The fourth-order valence-electron chi connectivity index (χ4n) is 8.31. The fraction of sp³-hybridized carbons (Fsp3) is 0.455. The summed E-state index contributed by atoms with van der Waals surface area (Å²) < 4.78 is 61.9. The van der Waals surface area contributed by atoms with Crippen molar-refractivity contribution in [3.63, 3.8) is 0 Å². The van der Waals surface area contributed by atoms with Gasteiger partial charge in [0.05, 0.1) is 38.1 Å². The summed E-state index contributed by atoms with van der Waals surface area (Å²) >= 11 is 0. The Bertz CT molecular complexity index is 2110. The molecule has 3 fully saturated rings. The van der Waals surface area contributed by atoms with Gasteiger partial charge in [0.25, 0.3) is 0 Å². The average molecular weight is 870 g/mol. The van der Waals surface area contributed by atoms with Crippen LogP contribution < -0.4 is 9.08 Å². The quantitative estimate of drug-likeness (QED) is 0.0796. The van der Waals surface area contributed by atoms with Gasteiger partial charge in [0.1, 0.15) is 60.0 Å². The highest BCUT2D eigenvalue weighted by Crippen LogP contribution is 2.45. The molecule has 0 radical (unpaired) electrons. The molecule has 330 valence electrons. The maximum absolute atomic E-state index is 13.4. The minimum Gasteiger partial charge on any atom is -0.396 e. The molecule has 4 aromatic carbocycles. The van der Waals surface area contributed by atoms with Gasteiger partial charge in [-0.05, 0) is 71.5 Å². The molecule has 15 nitrogen and oxygen atoms in total. The van der Waals surface area contributed by atoms with Crippen molar-refractivity contribution in [1.82, 2.24) is 0 Å². The SMILES string of the molecule is O=S(=O)(C[C@@H]1OCC(CO)[C@@H](O[C@@H]2OC(CO)[C@@H](O)C(O)C2O)C(O)C1O)Oc1ccc(-c2ccc([C@@H]3[C@@H](CC[C@H](O)c4ccc(F)cc4)CN3c3ccccc3)cc2)cc1. The molecule has 17 heteroatoms. The van der Waals surface area contributed by atoms with E-state index in [0.29, 0.717) is 12.0 Å². The van der Waals surface area contributed by atoms with Crippen LogP contribution in [0, 0.1) is 17.7 Å². The van der Waals surface area contributed by atoms with Gasteiger partial charge in [-0.25, -0.2) is 4.39 Å². The normalized spacial score (nSPS) is 31.2. The van der Waals surface area contributed by atoms with E-state index in [1.165, 1.54) is 24.3 Å². The molecule has 3 aliphatic heterocycles. The van der Waals surface area contributed by atoms with E-state index >= 15 is 0 Å². The van der Waals surface area contributed by atoms with Crippen LogP contribution in [0.2, 0.25) is 0 Å². The Morgan fingerprint density at radius 3 is 2.02 bits per heavy atom. The topological polar surface area (TPSA) is 236 Å². The summed E-state index contributed by atoms with van der Waals surface area (Å²) in [4.78, 5) is 2.33. The molecule has 3 saturated heterocycles. The van der Waals surface area contributed by atoms with Crippen molar-refractivity contribution in [2.45, 2.75) is 80.1 Å². The molecular formula is C44H52FNO14S. The predicted octanol–water partition coefficient (Wildman–Crippen LogP) is 1.81. The van der Waals surface area contributed by atoms with Crippen molar-refractivity contribution >= 4 is 15.8 Å². The van der Waals surface area contributed by atoms with Gasteiger partial charge in [-0.2, -0.15) is 8.42 Å². The lowest BCUT2D eigenvalue weighted by Gasteiger charge is -2.50. The second-order valence-corrected chi connectivity index (χ2v) is 17.5. The summed E-state index contributed by atoms with van der Waals surface area (Å²) in [7, 11) is -4.45. The first-order valence-corrected chi connectivity index (χ1v) is 21.8. The van der Waals surface area contributed by atoms with Crippen LogP contribution in [0.3, 0.4) is 0 Å². The number of aliphatic hydroxyl groups excluding tert-OH is 8. The maximum Gasteiger partial charge on any atom is 0.311 e. The van der Waals surface area contributed by atoms with Crippen LogP contribution >= 0.6 is 0 Å². The summed E-state index contributed by atoms with van der Waals surface area (Å²) in [5.74, 6) is -2.06. The lowest BCUT2D eigenvalue weighted by molar-refractivity contribution is -0.323. The number of ether oxygens (including phenoxy) is 3. The van der Waals surface area contributed by atoms with Crippen LogP contribution in [-0.4, -0.2) is 137 Å². The predicted molar refractivity (Wildman–Crippen MR) is 218 cm³/mol. The lowest BCUT2D eigenvalue weighted by atomic mass is 9.79. The van der Waals surface area contributed by atoms with E-state index in [1.54, 1.807) is 24.3 Å². The lowest BCUT2D eigenvalue weighted by Crippen LogP contribution is -2.61. The first-order valence-electron chi connectivity index (χ1n) is 20.2. The zero-order valence-electron chi connectivity index (χ0n) is 33.0. The second kappa shape index (κ2) is 19.5. The minimum absolute atomic E-state index is 0.0141. The van der Waals surface area contributed by atoms with E-state index in [0.717, 1.165) is 35.3 Å². The zero-order valence-corrected chi connectivity index (χ0v) is 33.8. The van der Waals surface area contributed by atoms with E-state index in [-0.39, 0.29) is 23.5 Å². The largest absolute Gasteiger partial charge is 0.396 e. The maximum atomic E-state index is 13.4. The van der Waals surface area contributed by atoms with Gasteiger partial charge in [-0.3, -0.25) is 0 Å². The van der Waals surface area contributed by atoms with Gasteiger partial charge in [0, 0.05) is 24.1 Å². The third kappa shape index (κ3) is 10.3. The number of rotatable bonds is 15. The molecule has 8 N–H and O–H groups in total. The van der Waals surface area contributed by atoms with Crippen molar-refractivity contribution in [3.8, 4) is 16.9 Å². The Morgan fingerprint density at radius 2 is 1.38 bits per heavy atom. The molecular weight excluding hydrogens is 818 g/mol. The minimum atomic E-state index is -4.45. The number of nitrogens with zero attached hydrogens (tertiary/aromatic N) is 1. The van der Waals surface area contributed by atoms with E-state index in [1.807, 2.05) is 30.3 Å². The molecule has 0 amide bonds. The highest BCUT2D eigenvalue weighted by atomic mass is 32.2. The van der Waals surface area contributed by atoms with Crippen LogP contribution in [0.1, 0.15) is 36.1 Å². The third-order valence-electron chi connectivity index (χ3n) is 11.8. The van der Waals surface area contributed by atoms with Crippen LogP contribution in [0.4, 0.5) is 10.1 Å². The number of benzene rings is 4.